The van der Waals surface area contributed by atoms with E-state index >= 15 is 0 Å². The SMILES string of the molecule is CCCCCCC(O)c1ccc(-n2c(CCCCCCC(=O)O)c(O)n(C)c2=O)cc1. The van der Waals surface area contributed by atoms with Gasteiger partial charge < -0.3 is 15.3 Å². The van der Waals surface area contributed by atoms with Crippen LogP contribution in [0, 0.1) is 0 Å². The lowest BCUT2D eigenvalue weighted by atomic mass is 10.0. The van der Waals surface area contributed by atoms with Crippen molar-refractivity contribution < 1.29 is 20.1 Å². The van der Waals surface area contributed by atoms with E-state index in [1.54, 1.807) is 7.05 Å². The zero-order valence-corrected chi connectivity index (χ0v) is 18.7. The Hall–Kier alpha value is -2.54. The molecule has 172 valence electrons. The van der Waals surface area contributed by atoms with Gasteiger partial charge in [0.1, 0.15) is 0 Å². The van der Waals surface area contributed by atoms with Gasteiger partial charge >= 0.3 is 11.7 Å². The van der Waals surface area contributed by atoms with Crippen molar-refractivity contribution in [3.8, 4) is 11.6 Å². The quantitative estimate of drug-likeness (QED) is 0.382. The Morgan fingerprint density at radius 1 is 1.00 bits per heavy atom. The lowest BCUT2D eigenvalue weighted by molar-refractivity contribution is -0.137. The minimum atomic E-state index is -0.788. The van der Waals surface area contributed by atoms with Gasteiger partial charge in [0, 0.05) is 13.5 Å². The number of aliphatic hydroxyl groups excluding tert-OH is 1. The number of hydrogen-bond acceptors (Lipinski definition) is 4. The van der Waals surface area contributed by atoms with E-state index in [1.165, 1.54) is 15.6 Å². The molecule has 0 aliphatic rings. The van der Waals surface area contributed by atoms with E-state index in [0.29, 0.717) is 24.2 Å². The number of unbranched alkanes of at least 4 members (excludes halogenated alkanes) is 6. The predicted molar refractivity (Wildman–Crippen MR) is 121 cm³/mol. The molecule has 0 amide bonds. The third-order valence-electron chi connectivity index (χ3n) is 5.75. The van der Waals surface area contributed by atoms with E-state index < -0.39 is 12.1 Å². The maximum atomic E-state index is 12.7. The number of aliphatic hydroxyl groups is 1. The van der Waals surface area contributed by atoms with Gasteiger partial charge in [0.25, 0.3) is 0 Å². The van der Waals surface area contributed by atoms with Gasteiger partial charge in [-0.25, -0.2) is 4.79 Å². The van der Waals surface area contributed by atoms with Crippen LogP contribution in [0.5, 0.6) is 5.88 Å². The van der Waals surface area contributed by atoms with Crippen molar-refractivity contribution in [1.29, 1.82) is 0 Å². The largest absolute Gasteiger partial charge is 0.493 e. The van der Waals surface area contributed by atoms with E-state index in [1.807, 2.05) is 24.3 Å². The van der Waals surface area contributed by atoms with E-state index in [-0.39, 0.29) is 18.0 Å². The summed E-state index contributed by atoms with van der Waals surface area (Å²) in [6.45, 7) is 2.16. The Balaban J connectivity index is 2.07. The molecule has 31 heavy (non-hydrogen) atoms. The third kappa shape index (κ3) is 6.99. The number of hydrogen-bond donors (Lipinski definition) is 3. The number of carboxylic acid groups (broad SMARTS) is 1. The summed E-state index contributed by atoms with van der Waals surface area (Å²) in [5, 5.41) is 29.6. The highest BCUT2D eigenvalue weighted by Gasteiger charge is 2.18. The molecule has 0 bridgehead atoms. The van der Waals surface area contributed by atoms with Crippen molar-refractivity contribution in [2.24, 2.45) is 7.05 Å². The second kappa shape index (κ2) is 12.3. The molecule has 3 N–H and O–H groups in total. The molecule has 0 fully saturated rings. The van der Waals surface area contributed by atoms with Crippen molar-refractivity contribution in [1.82, 2.24) is 9.13 Å². The summed E-state index contributed by atoms with van der Waals surface area (Å²) in [7, 11) is 1.54. The zero-order chi connectivity index (χ0) is 22.8. The van der Waals surface area contributed by atoms with Crippen LogP contribution < -0.4 is 5.69 Å². The smallest absolute Gasteiger partial charge is 0.335 e. The second-order valence-electron chi connectivity index (χ2n) is 8.21. The average molecular weight is 433 g/mol. The molecule has 1 aromatic carbocycles. The van der Waals surface area contributed by atoms with Crippen LogP contribution in [0.1, 0.15) is 88.5 Å². The Bertz CT molecular complexity index is 883. The molecule has 1 aromatic heterocycles. The molecule has 0 saturated carbocycles. The Morgan fingerprint density at radius 3 is 2.29 bits per heavy atom. The summed E-state index contributed by atoms with van der Waals surface area (Å²) in [6.07, 6.45) is 8.35. The van der Waals surface area contributed by atoms with Gasteiger partial charge in [-0.2, -0.15) is 0 Å². The lowest BCUT2D eigenvalue weighted by Crippen LogP contribution is -2.22. The minimum absolute atomic E-state index is 0.0458. The van der Waals surface area contributed by atoms with Crippen molar-refractivity contribution >= 4 is 5.97 Å². The maximum absolute atomic E-state index is 12.7. The number of aliphatic carboxylic acids is 1. The summed E-state index contributed by atoms with van der Waals surface area (Å²) < 4.78 is 2.75. The fourth-order valence-corrected chi connectivity index (χ4v) is 3.84. The van der Waals surface area contributed by atoms with Crippen LogP contribution in [0.4, 0.5) is 0 Å². The first-order valence-electron chi connectivity index (χ1n) is 11.4. The molecule has 0 aliphatic heterocycles. The van der Waals surface area contributed by atoms with Crippen molar-refractivity contribution in [2.75, 3.05) is 0 Å². The van der Waals surface area contributed by atoms with Crippen LogP contribution in [0.2, 0.25) is 0 Å². The normalized spacial score (nSPS) is 12.2. The lowest BCUT2D eigenvalue weighted by Gasteiger charge is -2.13. The van der Waals surface area contributed by atoms with E-state index in [9.17, 15) is 19.8 Å². The summed E-state index contributed by atoms with van der Waals surface area (Å²) in [4.78, 5) is 23.3. The molecule has 1 unspecified atom stereocenters. The number of nitrogens with zero attached hydrogens (tertiary/aromatic N) is 2. The molecule has 7 heteroatoms. The Kier molecular flexibility index (Phi) is 9.85. The van der Waals surface area contributed by atoms with Crippen LogP contribution in [0.25, 0.3) is 5.69 Å². The molecule has 0 saturated heterocycles. The van der Waals surface area contributed by atoms with Crippen LogP contribution in [0.15, 0.2) is 29.1 Å². The predicted octanol–water partition coefficient (Wildman–Crippen LogP) is 4.46. The van der Waals surface area contributed by atoms with Gasteiger partial charge in [0.15, 0.2) is 0 Å². The Labute approximate surface area is 184 Å². The number of imidazole rings is 1. The molecule has 7 nitrogen and oxygen atoms in total. The summed E-state index contributed by atoms with van der Waals surface area (Å²) in [5.74, 6) is -0.834. The van der Waals surface area contributed by atoms with Crippen molar-refractivity contribution in [2.45, 2.75) is 83.7 Å². The van der Waals surface area contributed by atoms with Gasteiger partial charge in [-0.05, 0) is 43.4 Å². The third-order valence-corrected chi connectivity index (χ3v) is 5.75. The van der Waals surface area contributed by atoms with Gasteiger partial charge in [-0.1, -0.05) is 57.6 Å². The molecule has 0 spiro atoms. The zero-order valence-electron chi connectivity index (χ0n) is 18.7. The fourth-order valence-electron chi connectivity index (χ4n) is 3.84. The molecular formula is C24H36N2O5. The number of carboxylic acids is 1. The average Bonchev–Trinajstić information content (AvgIpc) is 2.97. The Morgan fingerprint density at radius 2 is 1.65 bits per heavy atom. The highest BCUT2D eigenvalue weighted by molar-refractivity contribution is 5.66. The summed E-state index contributed by atoms with van der Waals surface area (Å²) in [6, 6.07) is 7.29. The first-order valence-corrected chi connectivity index (χ1v) is 11.4. The molecule has 0 aliphatic carbocycles. The summed E-state index contributed by atoms with van der Waals surface area (Å²) >= 11 is 0. The van der Waals surface area contributed by atoms with Crippen LogP contribution >= 0.6 is 0 Å². The number of aromatic hydroxyl groups is 1. The van der Waals surface area contributed by atoms with Gasteiger partial charge in [0.2, 0.25) is 5.88 Å². The number of rotatable bonds is 14. The minimum Gasteiger partial charge on any atom is -0.493 e. The molecule has 2 rings (SSSR count). The molecule has 2 aromatic rings. The topological polar surface area (TPSA) is 105 Å². The highest BCUT2D eigenvalue weighted by atomic mass is 16.4. The van der Waals surface area contributed by atoms with Gasteiger partial charge in [0.05, 0.1) is 17.5 Å². The van der Waals surface area contributed by atoms with Crippen LogP contribution in [-0.4, -0.2) is 30.4 Å². The van der Waals surface area contributed by atoms with E-state index in [0.717, 1.165) is 50.5 Å². The molecule has 1 heterocycles. The molecule has 0 radical (unpaired) electrons. The molecule has 1 atom stereocenters. The number of benzene rings is 1. The first kappa shape index (κ1) is 24.7. The van der Waals surface area contributed by atoms with E-state index in [2.05, 4.69) is 6.92 Å². The van der Waals surface area contributed by atoms with Crippen LogP contribution in [0.3, 0.4) is 0 Å². The highest BCUT2D eigenvalue weighted by Crippen LogP contribution is 2.24. The van der Waals surface area contributed by atoms with Crippen LogP contribution in [-0.2, 0) is 18.3 Å². The van der Waals surface area contributed by atoms with E-state index in [4.69, 9.17) is 5.11 Å². The van der Waals surface area contributed by atoms with Crippen molar-refractivity contribution in [3.63, 3.8) is 0 Å². The number of aromatic nitrogens is 2. The fraction of sp³-hybridized carbons (Fsp3) is 0.583. The molecular weight excluding hydrogens is 396 g/mol. The van der Waals surface area contributed by atoms with Gasteiger partial charge in [-0.3, -0.25) is 13.9 Å². The monoisotopic (exact) mass is 432 g/mol. The standard InChI is InChI=1S/C24H36N2O5/c1-3-4-5-9-12-21(27)18-14-16-19(17-15-18)26-20(23(30)25(2)24(26)31)11-8-6-7-10-13-22(28)29/h14-17,21,27,30H,3-13H2,1-2H3,(H,28,29). The number of carbonyl (C=O) groups is 1. The first-order chi connectivity index (χ1) is 14.9. The second-order valence-corrected chi connectivity index (χ2v) is 8.21. The maximum Gasteiger partial charge on any atom is 0.335 e. The van der Waals surface area contributed by atoms with Gasteiger partial charge in [-0.15, -0.1) is 0 Å². The summed E-state index contributed by atoms with van der Waals surface area (Å²) in [5.41, 5.74) is 1.72. The van der Waals surface area contributed by atoms with Crippen molar-refractivity contribution in [3.05, 3.63) is 46.0 Å².